The molecule has 0 spiro atoms. The first-order valence-electron chi connectivity index (χ1n) is 8.24. The Morgan fingerprint density at radius 3 is 2.22 bits per heavy atom. The van der Waals surface area contributed by atoms with Gasteiger partial charge in [-0.25, -0.2) is 4.79 Å². The minimum atomic E-state index is -4.40. The number of carbonyl (C=O) groups is 2. The number of benzene rings is 2. The van der Waals surface area contributed by atoms with Gasteiger partial charge in [0.2, 0.25) is 6.10 Å². The average molecular weight is 395 g/mol. The molecule has 0 bridgehead atoms. The van der Waals surface area contributed by atoms with E-state index in [-0.39, 0.29) is 28.3 Å². The van der Waals surface area contributed by atoms with Crippen molar-refractivity contribution in [3.63, 3.8) is 0 Å². The third kappa shape index (κ3) is 5.75. The fourth-order valence-corrected chi connectivity index (χ4v) is 2.91. The second-order valence-corrected chi connectivity index (χ2v) is 7.19. The van der Waals surface area contributed by atoms with Crippen molar-refractivity contribution in [3.8, 4) is 0 Å². The molecule has 2 aromatic carbocycles. The van der Waals surface area contributed by atoms with E-state index in [0.29, 0.717) is 5.56 Å². The predicted molar refractivity (Wildman–Crippen MR) is 94.1 cm³/mol. The van der Waals surface area contributed by atoms with Crippen molar-refractivity contribution in [2.45, 2.75) is 35.4 Å². The summed E-state index contributed by atoms with van der Waals surface area (Å²) in [5.41, 5.74) is -3.81. The van der Waals surface area contributed by atoms with Gasteiger partial charge in [-0.2, -0.15) is 13.2 Å². The number of rotatable bonds is 6. The number of halogens is 3. The highest BCUT2D eigenvalue weighted by atomic mass is 32.2. The zero-order chi connectivity index (χ0) is 19.4. The van der Waals surface area contributed by atoms with Gasteiger partial charge in [0.05, 0.1) is 5.56 Å². The maximum Gasteiger partial charge on any atom is 0.446 e. The molecule has 1 amide bonds. The molecule has 0 unspecified atom stereocenters. The number of nitrogens with one attached hydrogen (secondary N) is 1. The van der Waals surface area contributed by atoms with Gasteiger partial charge in [0.25, 0.3) is 5.91 Å². The first-order valence-corrected chi connectivity index (χ1v) is 9.05. The zero-order valence-corrected chi connectivity index (χ0v) is 14.8. The van der Waals surface area contributed by atoms with Crippen LogP contribution in [0, 0.1) is 0 Å². The fraction of sp³-hybridized carbons (Fsp3) is 0.263. The summed E-state index contributed by atoms with van der Waals surface area (Å²) >= 11 is -0.266. The Hall–Kier alpha value is -2.48. The van der Waals surface area contributed by atoms with Crippen molar-refractivity contribution in [3.05, 3.63) is 65.7 Å². The van der Waals surface area contributed by atoms with Crippen LogP contribution in [0.5, 0.6) is 0 Å². The summed E-state index contributed by atoms with van der Waals surface area (Å²) in [6, 6.07) is 13.6. The number of thioether (sulfide) groups is 1. The molecule has 8 heteroatoms. The summed E-state index contributed by atoms with van der Waals surface area (Å²) in [4.78, 5) is 24.8. The average Bonchev–Trinajstić information content (AvgIpc) is 3.43. The first-order chi connectivity index (χ1) is 12.8. The van der Waals surface area contributed by atoms with Gasteiger partial charge in [-0.05, 0) is 48.9 Å². The molecule has 1 saturated carbocycles. The number of carbonyl (C=O) groups excluding carboxylic acids is 2. The highest BCUT2D eigenvalue weighted by Gasteiger charge is 2.31. The maximum absolute atomic E-state index is 12.5. The lowest BCUT2D eigenvalue weighted by atomic mass is 10.1. The van der Waals surface area contributed by atoms with Crippen molar-refractivity contribution in [2.75, 3.05) is 0 Å². The number of amides is 1. The van der Waals surface area contributed by atoms with E-state index in [1.165, 1.54) is 24.3 Å². The van der Waals surface area contributed by atoms with E-state index in [9.17, 15) is 22.8 Å². The van der Waals surface area contributed by atoms with Crippen LogP contribution < -0.4 is 5.32 Å². The van der Waals surface area contributed by atoms with Gasteiger partial charge >= 0.3 is 11.5 Å². The molecule has 1 aliphatic rings. The van der Waals surface area contributed by atoms with Gasteiger partial charge in [0.15, 0.2) is 0 Å². The van der Waals surface area contributed by atoms with E-state index < -0.39 is 23.5 Å². The third-order valence-corrected chi connectivity index (χ3v) is 4.55. The van der Waals surface area contributed by atoms with Crippen molar-refractivity contribution in [2.24, 2.45) is 0 Å². The lowest BCUT2D eigenvalue weighted by Crippen LogP contribution is -2.33. The van der Waals surface area contributed by atoms with Crippen LogP contribution in [0.4, 0.5) is 13.2 Å². The fourth-order valence-electron chi connectivity index (χ4n) is 2.37. The van der Waals surface area contributed by atoms with E-state index in [0.717, 1.165) is 12.8 Å². The smallest absolute Gasteiger partial charge is 0.444 e. The summed E-state index contributed by atoms with van der Waals surface area (Å²) < 4.78 is 42.5. The summed E-state index contributed by atoms with van der Waals surface area (Å²) in [6.45, 7) is 0. The van der Waals surface area contributed by atoms with E-state index in [2.05, 4.69) is 5.32 Å². The molecule has 3 rings (SSSR count). The number of esters is 1. The van der Waals surface area contributed by atoms with Crippen molar-refractivity contribution in [1.82, 2.24) is 5.32 Å². The molecule has 1 atom stereocenters. The van der Waals surface area contributed by atoms with Crippen LogP contribution in [-0.2, 0) is 9.53 Å². The van der Waals surface area contributed by atoms with E-state index in [1.807, 2.05) is 0 Å². The Labute approximate surface area is 158 Å². The normalized spacial score (nSPS) is 15.1. The van der Waals surface area contributed by atoms with Crippen LogP contribution >= 0.6 is 11.8 Å². The maximum atomic E-state index is 12.5. The van der Waals surface area contributed by atoms with E-state index in [1.54, 1.807) is 30.3 Å². The van der Waals surface area contributed by atoms with Gasteiger partial charge in [0.1, 0.15) is 0 Å². The Morgan fingerprint density at radius 1 is 1.04 bits per heavy atom. The number of ether oxygens (including phenoxy) is 1. The second kappa shape index (κ2) is 8.04. The van der Waals surface area contributed by atoms with Crippen LogP contribution in [0.15, 0.2) is 59.5 Å². The summed E-state index contributed by atoms with van der Waals surface area (Å²) in [7, 11) is 0. The van der Waals surface area contributed by atoms with Crippen LogP contribution in [0.1, 0.15) is 34.9 Å². The van der Waals surface area contributed by atoms with E-state index >= 15 is 0 Å². The quantitative estimate of drug-likeness (QED) is 0.579. The van der Waals surface area contributed by atoms with Crippen LogP contribution in [0.3, 0.4) is 0 Å². The lowest BCUT2D eigenvalue weighted by Gasteiger charge is -2.18. The molecule has 27 heavy (non-hydrogen) atoms. The lowest BCUT2D eigenvalue weighted by molar-refractivity contribution is -0.130. The number of hydrogen-bond acceptors (Lipinski definition) is 4. The van der Waals surface area contributed by atoms with Crippen LogP contribution in [0.2, 0.25) is 0 Å². The largest absolute Gasteiger partial charge is 0.446 e. The first kappa shape index (κ1) is 19.3. The van der Waals surface area contributed by atoms with E-state index in [4.69, 9.17) is 4.74 Å². The molecule has 1 N–H and O–H groups in total. The molecule has 0 heterocycles. The molecule has 0 radical (unpaired) electrons. The SMILES string of the molecule is O=C(O[C@H](C(=O)NC1CC1)c1ccccc1)c1ccc(SC(F)(F)F)cc1. The minimum Gasteiger partial charge on any atom is -0.444 e. The second-order valence-electron chi connectivity index (χ2n) is 6.05. The van der Waals surface area contributed by atoms with Gasteiger partial charge in [-0.3, -0.25) is 4.79 Å². The molecule has 0 aromatic heterocycles. The predicted octanol–water partition coefficient (Wildman–Crippen LogP) is 4.48. The third-order valence-electron chi connectivity index (χ3n) is 3.81. The Bertz CT molecular complexity index is 805. The monoisotopic (exact) mass is 395 g/mol. The van der Waals surface area contributed by atoms with Gasteiger partial charge in [-0.15, -0.1) is 0 Å². The summed E-state index contributed by atoms with van der Waals surface area (Å²) in [5, 5.41) is 2.80. The highest BCUT2D eigenvalue weighted by molar-refractivity contribution is 8.00. The molecule has 1 fully saturated rings. The zero-order valence-electron chi connectivity index (χ0n) is 14.0. The molecule has 0 aliphatic heterocycles. The minimum absolute atomic E-state index is 0.0369. The Kier molecular flexibility index (Phi) is 5.74. The van der Waals surface area contributed by atoms with Crippen molar-refractivity contribution in [1.29, 1.82) is 0 Å². The van der Waals surface area contributed by atoms with Gasteiger partial charge < -0.3 is 10.1 Å². The molecular weight excluding hydrogens is 379 g/mol. The summed E-state index contributed by atoms with van der Waals surface area (Å²) in [5.74, 6) is -1.19. The van der Waals surface area contributed by atoms with Gasteiger partial charge in [-0.1, -0.05) is 30.3 Å². The molecular formula is C19H16F3NO3S. The Balaban J connectivity index is 1.72. The molecule has 2 aromatic rings. The Morgan fingerprint density at radius 2 is 1.67 bits per heavy atom. The number of hydrogen-bond donors (Lipinski definition) is 1. The summed E-state index contributed by atoms with van der Waals surface area (Å²) in [6.07, 6.45) is 0.655. The van der Waals surface area contributed by atoms with Crippen LogP contribution in [-0.4, -0.2) is 23.4 Å². The topological polar surface area (TPSA) is 55.4 Å². The van der Waals surface area contributed by atoms with Crippen molar-refractivity contribution < 1.29 is 27.5 Å². The molecule has 142 valence electrons. The molecule has 4 nitrogen and oxygen atoms in total. The van der Waals surface area contributed by atoms with Crippen LogP contribution in [0.25, 0.3) is 0 Å². The van der Waals surface area contributed by atoms with Gasteiger partial charge in [0, 0.05) is 16.5 Å². The number of alkyl halides is 3. The standard InChI is InChI=1S/C19H16F3NO3S/c20-19(21,22)27-15-10-6-13(7-11-15)18(25)26-16(12-4-2-1-3-5-12)17(24)23-14-8-9-14/h1-7,10-11,14,16H,8-9H2,(H,23,24)/t16-/m0/s1. The highest BCUT2D eigenvalue weighted by Crippen LogP contribution is 2.36. The molecule has 0 saturated heterocycles. The molecule has 1 aliphatic carbocycles. The van der Waals surface area contributed by atoms with Crippen molar-refractivity contribution >= 4 is 23.6 Å².